The Morgan fingerprint density at radius 2 is 1.67 bits per heavy atom. The van der Waals surface area contributed by atoms with Crippen LogP contribution in [0.15, 0.2) is 18.2 Å². The lowest BCUT2D eigenvalue weighted by atomic mass is 10.1. The van der Waals surface area contributed by atoms with E-state index in [0.717, 1.165) is 0 Å². The van der Waals surface area contributed by atoms with Crippen molar-refractivity contribution < 1.29 is 23.8 Å². The second kappa shape index (κ2) is 6.30. The maximum atomic E-state index is 11.6. The monoisotopic (exact) mass is 248 g/mol. The zero-order chi connectivity index (χ0) is 13.5. The van der Waals surface area contributed by atoms with Gasteiger partial charge in [-0.3, -0.25) is 0 Å². The van der Waals surface area contributed by atoms with Crippen molar-refractivity contribution in [2.45, 2.75) is 0 Å². The fraction of sp³-hybridized carbons (Fsp3) is 0.231. The van der Waals surface area contributed by atoms with Gasteiger partial charge in [-0.2, -0.15) is 0 Å². The number of terminal acetylenes is 1. The molecule has 94 valence electrons. The summed E-state index contributed by atoms with van der Waals surface area (Å²) < 4.78 is 14.4. The lowest BCUT2D eigenvalue weighted by Gasteiger charge is -2.11. The van der Waals surface area contributed by atoms with Crippen LogP contribution < -0.4 is 4.74 Å². The molecule has 5 nitrogen and oxygen atoms in total. The number of hydrogen-bond acceptors (Lipinski definition) is 5. The molecule has 0 aliphatic carbocycles. The Morgan fingerprint density at radius 1 is 1.17 bits per heavy atom. The molecule has 0 aliphatic heterocycles. The molecule has 5 heteroatoms. The van der Waals surface area contributed by atoms with E-state index in [9.17, 15) is 9.59 Å². The Hall–Kier alpha value is -2.48. The fourth-order valence-electron chi connectivity index (χ4n) is 1.35. The van der Waals surface area contributed by atoms with E-state index < -0.39 is 11.9 Å². The average molecular weight is 248 g/mol. The van der Waals surface area contributed by atoms with E-state index >= 15 is 0 Å². The van der Waals surface area contributed by atoms with Crippen LogP contribution in [0.25, 0.3) is 0 Å². The molecule has 0 N–H and O–H groups in total. The normalized spacial score (nSPS) is 9.17. The van der Waals surface area contributed by atoms with E-state index in [1.54, 1.807) is 0 Å². The summed E-state index contributed by atoms with van der Waals surface area (Å²) in [5.41, 5.74) is 0.242. The molecule has 0 aliphatic rings. The Labute approximate surface area is 105 Å². The van der Waals surface area contributed by atoms with Crippen molar-refractivity contribution in [3.63, 3.8) is 0 Å². The van der Waals surface area contributed by atoms with Crippen LogP contribution in [0.3, 0.4) is 0 Å². The summed E-state index contributed by atoms with van der Waals surface area (Å²) in [7, 11) is 2.47. The highest BCUT2D eigenvalue weighted by Crippen LogP contribution is 2.25. The Bertz CT molecular complexity index is 464. The van der Waals surface area contributed by atoms with Crippen LogP contribution >= 0.6 is 0 Å². The first-order valence-corrected chi connectivity index (χ1v) is 5.01. The largest absolute Gasteiger partial charge is 0.479 e. The summed E-state index contributed by atoms with van der Waals surface area (Å²) in [6, 6.07) is 4.48. The second-order valence-electron chi connectivity index (χ2n) is 3.16. The Balaban J connectivity index is 3.30. The molecule has 0 atom stereocenters. The molecule has 0 unspecified atom stereocenters. The third-order valence-corrected chi connectivity index (χ3v) is 2.13. The molecule has 1 rings (SSSR count). The van der Waals surface area contributed by atoms with Crippen LogP contribution in [0.1, 0.15) is 20.7 Å². The number of benzene rings is 1. The quantitative estimate of drug-likeness (QED) is 0.593. The summed E-state index contributed by atoms with van der Waals surface area (Å²) in [4.78, 5) is 23.1. The molecule has 0 radical (unpaired) electrons. The van der Waals surface area contributed by atoms with Gasteiger partial charge < -0.3 is 14.2 Å². The number of carbonyl (C=O) groups excluding carboxylic acids is 2. The van der Waals surface area contributed by atoms with Gasteiger partial charge in [-0.25, -0.2) is 9.59 Å². The molecule has 0 fully saturated rings. The number of rotatable bonds is 4. The maximum absolute atomic E-state index is 11.6. The number of carbonyl (C=O) groups is 2. The number of para-hydroxylation sites is 1. The molecular formula is C13H12O5. The predicted octanol–water partition coefficient (Wildman–Crippen LogP) is 1.27. The van der Waals surface area contributed by atoms with Crippen molar-refractivity contribution in [2.24, 2.45) is 0 Å². The highest BCUT2D eigenvalue weighted by molar-refractivity contribution is 6.00. The summed E-state index contributed by atoms with van der Waals surface area (Å²) in [6.07, 6.45) is 5.09. The van der Waals surface area contributed by atoms with Gasteiger partial charge >= 0.3 is 11.9 Å². The van der Waals surface area contributed by atoms with Gasteiger partial charge in [0.2, 0.25) is 0 Å². The molecule has 0 heterocycles. The number of ether oxygens (including phenoxy) is 3. The molecular weight excluding hydrogens is 236 g/mol. The van der Waals surface area contributed by atoms with Crippen LogP contribution in [0.4, 0.5) is 0 Å². The molecule has 0 bridgehead atoms. The molecule has 1 aromatic carbocycles. The molecule has 0 aromatic heterocycles. The van der Waals surface area contributed by atoms with Crippen LogP contribution in [0.2, 0.25) is 0 Å². The second-order valence-corrected chi connectivity index (χ2v) is 3.16. The molecule has 18 heavy (non-hydrogen) atoms. The first kappa shape index (κ1) is 13.6. The maximum Gasteiger partial charge on any atom is 0.341 e. The van der Waals surface area contributed by atoms with Crippen molar-refractivity contribution >= 4 is 11.9 Å². The highest BCUT2D eigenvalue weighted by Gasteiger charge is 2.21. The van der Waals surface area contributed by atoms with E-state index in [0.29, 0.717) is 0 Å². The Kier molecular flexibility index (Phi) is 4.76. The lowest BCUT2D eigenvalue weighted by Crippen LogP contribution is -2.11. The van der Waals surface area contributed by atoms with Gasteiger partial charge in [0.05, 0.1) is 14.2 Å². The summed E-state index contributed by atoms with van der Waals surface area (Å²) >= 11 is 0. The molecule has 0 amide bonds. The van der Waals surface area contributed by atoms with Crippen LogP contribution in [-0.4, -0.2) is 32.8 Å². The SMILES string of the molecule is C#CCOc1c(C(=O)OC)cccc1C(=O)OC. The van der Waals surface area contributed by atoms with Crippen molar-refractivity contribution in [1.82, 2.24) is 0 Å². The van der Waals surface area contributed by atoms with Gasteiger partial charge in [0.1, 0.15) is 23.5 Å². The summed E-state index contributed by atoms with van der Waals surface area (Å²) in [6.45, 7) is -0.0714. The minimum atomic E-state index is -0.618. The molecule has 0 saturated heterocycles. The summed E-state index contributed by atoms with van der Waals surface area (Å²) in [5.74, 6) is 1.09. The lowest BCUT2D eigenvalue weighted by molar-refractivity contribution is 0.0591. The van der Waals surface area contributed by atoms with Gasteiger partial charge in [-0.05, 0) is 12.1 Å². The average Bonchev–Trinajstić information content (AvgIpc) is 2.42. The third kappa shape index (κ3) is 2.80. The minimum absolute atomic E-state index is 0.0640. The third-order valence-electron chi connectivity index (χ3n) is 2.13. The molecule has 0 spiro atoms. The number of methoxy groups -OCH3 is 2. The molecule has 1 aromatic rings. The van der Waals surface area contributed by atoms with Gasteiger partial charge in [0.25, 0.3) is 0 Å². The van der Waals surface area contributed by atoms with E-state index in [4.69, 9.17) is 11.2 Å². The van der Waals surface area contributed by atoms with E-state index in [1.807, 2.05) is 0 Å². The van der Waals surface area contributed by atoms with Crippen LogP contribution in [0.5, 0.6) is 5.75 Å². The van der Waals surface area contributed by atoms with Gasteiger partial charge in [-0.1, -0.05) is 12.0 Å². The molecule has 0 saturated carbocycles. The van der Waals surface area contributed by atoms with Crippen molar-refractivity contribution in [3.8, 4) is 18.1 Å². The van der Waals surface area contributed by atoms with Gasteiger partial charge in [0.15, 0.2) is 0 Å². The zero-order valence-electron chi connectivity index (χ0n) is 10.1. The predicted molar refractivity (Wildman–Crippen MR) is 63.4 cm³/mol. The standard InChI is InChI=1S/C13H12O5/c1-4-8-18-11-9(12(14)16-2)6-5-7-10(11)13(15)17-3/h1,5-7H,8H2,2-3H3. The number of esters is 2. The first-order chi connectivity index (χ1) is 8.65. The zero-order valence-corrected chi connectivity index (χ0v) is 10.1. The minimum Gasteiger partial charge on any atom is -0.479 e. The number of hydrogen-bond donors (Lipinski definition) is 0. The van der Waals surface area contributed by atoms with Crippen LogP contribution in [0, 0.1) is 12.3 Å². The van der Waals surface area contributed by atoms with Gasteiger partial charge in [-0.15, -0.1) is 6.42 Å². The van der Waals surface area contributed by atoms with E-state index in [2.05, 4.69) is 15.4 Å². The topological polar surface area (TPSA) is 61.8 Å². The van der Waals surface area contributed by atoms with E-state index in [1.165, 1.54) is 32.4 Å². The van der Waals surface area contributed by atoms with Gasteiger partial charge in [0, 0.05) is 0 Å². The van der Waals surface area contributed by atoms with E-state index in [-0.39, 0.29) is 23.5 Å². The van der Waals surface area contributed by atoms with Crippen LogP contribution in [-0.2, 0) is 9.47 Å². The fourth-order valence-corrected chi connectivity index (χ4v) is 1.35. The highest BCUT2D eigenvalue weighted by atomic mass is 16.5. The van der Waals surface area contributed by atoms with Crippen molar-refractivity contribution in [1.29, 1.82) is 0 Å². The van der Waals surface area contributed by atoms with Crippen molar-refractivity contribution in [2.75, 3.05) is 20.8 Å². The summed E-state index contributed by atoms with van der Waals surface area (Å²) in [5, 5.41) is 0. The van der Waals surface area contributed by atoms with Crippen molar-refractivity contribution in [3.05, 3.63) is 29.3 Å². The smallest absolute Gasteiger partial charge is 0.341 e. The Morgan fingerprint density at radius 3 is 2.06 bits per heavy atom. The first-order valence-electron chi connectivity index (χ1n) is 5.01.